The summed E-state index contributed by atoms with van der Waals surface area (Å²) in [6, 6.07) is 20.4. The molecule has 0 radical (unpaired) electrons. The summed E-state index contributed by atoms with van der Waals surface area (Å²) >= 11 is 0. The van der Waals surface area contributed by atoms with Gasteiger partial charge in [-0.25, -0.2) is 9.97 Å². The van der Waals surface area contributed by atoms with E-state index in [1.54, 1.807) is 0 Å². The molecule has 3 aromatic rings. The third-order valence-corrected chi connectivity index (χ3v) is 3.81. The predicted octanol–water partition coefficient (Wildman–Crippen LogP) is 3.94. The molecule has 1 heterocycles. The molecule has 3 rings (SSSR count). The number of anilines is 2. The van der Waals surface area contributed by atoms with Crippen LogP contribution in [0, 0.1) is 0 Å². The van der Waals surface area contributed by atoms with Gasteiger partial charge in [0, 0.05) is 33.8 Å². The number of rotatable bonds is 4. The first-order chi connectivity index (χ1) is 11.6. The van der Waals surface area contributed by atoms with Crippen molar-refractivity contribution in [2.75, 3.05) is 38.0 Å². The second-order valence-electron chi connectivity index (χ2n) is 6.09. The van der Waals surface area contributed by atoms with E-state index in [1.807, 2.05) is 86.5 Å². The van der Waals surface area contributed by atoms with Crippen molar-refractivity contribution in [3.8, 4) is 22.5 Å². The SMILES string of the molecule is CN(C)c1nc(-c2ccccc2)nc(N(C)C)c1-c1ccccc1. The lowest BCUT2D eigenvalue weighted by Gasteiger charge is -2.23. The van der Waals surface area contributed by atoms with Crippen molar-refractivity contribution in [2.45, 2.75) is 0 Å². The zero-order chi connectivity index (χ0) is 17.1. The van der Waals surface area contributed by atoms with Gasteiger partial charge in [-0.1, -0.05) is 60.7 Å². The van der Waals surface area contributed by atoms with E-state index in [9.17, 15) is 0 Å². The Morgan fingerprint density at radius 1 is 0.583 bits per heavy atom. The molecule has 0 spiro atoms. The molecule has 4 heteroatoms. The van der Waals surface area contributed by atoms with Crippen molar-refractivity contribution in [3.05, 3.63) is 60.7 Å². The second-order valence-corrected chi connectivity index (χ2v) is 6.09. The molecule has 0 aliphatic carbocycles. The van der Waals surface area contributed by atoms with Crippen LogP contribution in [0.1, 0.15) is 0 Å². The summed E-state index contributed by atoms with van der Waals surface area (Å²) in [5.41, 5.74) is 3.18. The van der Waals surface area contributed by atoms with Crippen LogP contribution in [-0.2, 0) is 0 Å². The summed E-state index contributed by atoms with van der Waals surface area (Å²) in [5.74, 6) is 2.57. The lowest BCUT2D eigenvalue weighted by atomic mass is 10.1. The van der Waals surface area contributed by atoms with Gasteiger partial charge in [-0.15, -0.1) is 0 Å². The van der Waals surface area contributed by atoms with Crippen molar-refractivity contribution >= 4 is 11.6 Å². The Kier molecular flexibility index (Phi) is 4.47. The van der Waals surface area contributed by atoms with Crippen molar-refractivity contribution in [3.63, 3.8) is 0 Å². The van der Waals surface area contributed by atoms with Gasteiger partial charge >= 0.3 is 0 Å². The average Bonchev–Trinajstić information content (AvgIpc) is 2.62. The van der Waals surface area contributed by atoms with Gasteiger partial charge in [-0.2, -0.15) is 0 Å². The summed E-state index contributed by atoms with van der Waals surface area (Å²) in [4.78, 5) is 13.8. The van der Waals surface area contributed by atoms with E-state index in [2.05, 4.69) is 12.1 Å². The van der Waals surface area contributed by atoms with Gasteiger partial charge in [0.25, 0.3) is 0 Å². The molecule has 0 atom stereocenters. The van der Waals surface area contributed by atoms with Gasteiger partial charge in [0.15, 0.2) is 5.82 Å². The second kappa shape index (κ2) is 6.71. The van der Waals surface area contributed by atoms with Gasteiger partial charge in [0.05, 0.1) is 5.56 Å². The topological polar surface area (TPSA) is 32.3 Å². The van der Waals surface area contributed by atoms with Gasteiger partial charge < -0.3 is 9.80 Å². The molecule has 0 unspecified atom stereocenters. The van der Waals surface area contributed by atoms with Gasteiger partial charge in [0.1, 0.15) is 11.6 Å². The third-order valence-electron chi connectivity index (χ3n) is 3.81. The van der Waals surface area contributed by atoms with Gasteiger partial charge in [0.2, 0.25) is 0 Å². The van der Waals surface area contributed by atoms with Crippen molar-refractivity contribution < 1.29 is 0 Å². The Morgan fingerprint density at radius 3 is 1.42 bits per heavy atom. The van der Waals surface area contributed by atoms with E-state index >= 15 is 0 Å². The quantitative estimate of drug-likeness (QED) is 0.729. The largest absolute Gasteiger partial charge is 0.362 e. The molecule has 0 saturated carbocycles. The number of hydrogen-bond acceptors (Lipinski definition) is 4. The smallest absolute Gasteiger partial charge is 0.163 e. The molecular formula is C20H22N4. The summed E-state index contributed by atoms with van der Waals surface area (Å²) in [5, 5.41) is 0. The molecule has 2 aromatic carbocycles. The first-order valence-corrected chi connectivity index (χ1v) is 7.95. The molecule has 0 aliphatic heterocycles. The number of hydrogen-bond donors (Lipinski definition) is 0. The lowest BCUT2D eigenvalue weighted by Crippen LogP contribution is -2.18. The Hall–Kier alpha value is -2.88. The molecule has 0 fully saturated rings. The van der Waals surface area contributed by atoms with Crippen LogP contribution in [0.5, 0.6) is 0 Å². The molecule has 122 valence electrons. The van der Waals surface area contributed by atoms with E-state index in [1.165, 1.54) is 0 Å². The van der Waals surface area contributed by atoms with Gasteiger partial charge in [-0.05, 0) is 5.56 Å². The Morgan fingerprint density at radius 2 is 1.00 bits per heavy atom. The molecule has 0 aliphatic rings. The molecule has 0 bridgehead atoms. The van der Waals surface area contributed by atoms with E-state index in [-0.39, 0.29) is 0 Å². The fourth-order valence-corrected chi connectivity index (χ4v) is 2.66. The lowest BCUT2D eigenvalue weighted by molar-refractivity contribution is 1.01. The van der Waals surface area contributed by atoms with Crippen LogP contribution in [0.3, 0.4) is 0 Å². The maximum Gasteiger partial charge on any atom is 0.163 e. The van der Waals surface area contributed by atoms with Crippen molar-refractivity contribution in [1.82, 2.24) is 9.97 Å². The molecule has 1 aromatic heterocycles. The van der Waals surface area contributed by atoms with E-state index in [4.69, 9.17) is 9.97 Å². The van der Waals surface area contributed by atoms with Crippen LogP contribution in [0.2, 0.25) is 0 Å². The number of nitrogens with zero attached hydrogens (tertiary/aromatic N) is 4. The maximum absolute atomic E-state index is 4.85. The van der Waals surface area contributed by atoms with Crippen LogP contribution < -0.4 is 9.80 Å². The highest BCUT2D eigenvalue weighted by molar-refractivity contribution is 5.86. The first-order valence-electron chi connectivity index (χ1n) is 7.95. The minimum atomic E-state index is 0.739. The van der Waals surface area contributed by atoms with Crippen LogP contribution >= 0.6 is 0 Å². The molecule has 0 N–H and O–H groups in total. The van der Waals surface area contributed by atoms with Crippen LogP contribution in [-0.4, -0.2) is 38.2 Å². The van der Waals surface area contributed by atoms with Crippen molar-refractivity contribution in [1.29, 1.82) is 0 Å². The molecule has 4 nitrogen and oxygen atoms in total. The predicted molar refractivity (Wildman–Crippen MR) is 102 cm³/mol. The highest BCUT2D eigenvalue weighted by Crippen LogP contribution is 2.37. The average molecular weight is 318 g/mol. The minimum Gasteiger partial charge on any atom is -0.362 e. The summed E-state index contributed by atoms with van der Waals surface area (Å²) < 4.78 is 0. The first kappa shape index (κ1) is 16.0. The highest BCUT2D eigenvalue weighted by atomic mass is 15.2. The third kappa shape index (κ3) is 3.08. The Balaban J connectivity index is 2.29. The van der Waals surface area contributed by atoms with Crippen molar-refractivity contribution in [2.24, 2.45) is 0 Å². The molecule has 0 saturated heterocycles. The zero-order valence-corrected chi connectivity index (χ0v) is 14.6. The summed E-state index contributed by atoms with van der Waals surface area (Å²) in [6.45, 7) is 0. The number of benzene rings is 2. The van der Waals surface area contributed by atoms with E-state index < -0.39 is 0 Å². The standard InChI is InChI=1S/C20H22N4/c1-23(2)19-17(15-11-7-5-8-12-15)20(24(3)4)22-18(21-19)16-13-9-6-10-14-16/h5-14H,1-4H3. The van der Waals surface area contributed by atoms with E-state index in [0.29, 0.717) is 0 Å². The monoisotopic (exact) mass is 318 g/mol. The zero-order valence-electron chi connectivity index (χ0n) is 14.6. The van der Waals surface area contributed by atoms with Crippen LogP contribution in [0.4, 0.5) is 11.6 Å². The molecular weight excluding hydrogens is 296 g/mol. The minimum absolute atomic E-state index is 0.739. The summed E-state index contributed by atoms with van der Waals surface area (Å²) in [6.07, 6.45) is 0. The van der Waals surface area contributed by atoms with E-state index in [0.717, 1.165) is 34.2 Å². The van der Waals surface area contributed by atoms with Gasteiger partial charge in [-0.3, -0.25) is 0 Å². The Labute approximate surface area is 143 Å². The number of aromatic nitrogens is 2. The fourth-order valence-electron chi connectivity index (χ4n) is 2.66. The fraction of sp³-hybridized carbons (Fsp3) is 0.200. The summed E-state index contributed by atoms with van der Waals surface area (Å²) in [7, 11) is 8.07. The molecule has 24 heavy (non-hydrogen) atoms. The molecule has 0 amide bonds. The maximum atomic E-state index is 4.85. The van der Waals surface area contributed by atoms with Crippen LogP contribution in [0.25, 0.3) is 22.5 Å². The normalized spacial score (nSPS) is 10.5. The highest BCUT2D eigenvalue weighted by Gasteiger charge is 2.19. The van der Waals surface area contributed by atoms with Crippen LogP contribution in [0.15, 0.2) is 60.7 Å². The Bertz CT molecular complexity index is 783.